The number of carbonyl (C=O) groups excluding carboxylic acids is 2. The van der Waals surface area contributed by atoms with Gasteiger partial charge in [-0.3, -0.25) is 4.79 Å². The number of alkyl halides is 3. The van der Waals surface area contributed by atoms with Gasteiger partial charge in [0.15, 0.2) is 0 Å². The molecule has 0 spiro atoms. The maximum atomic E-state index is 14.7. The predicted octanol–water partition coefficient (Wildman–Crippen LogP) is 3.87. The van der Waals surface area contributed by atoms with Crippen molar-refractivity contribution in [2.75, 3.05) is 6.61 Å². The number of carbonyl (C=O) groups is 2. The third-order valence-electron chi connectivity index (χ3n) is 4.73. The summed E-state index contributed by atoms with van der Waals surface area (Å²) in [7, 11) is 0. The van der Waals surface area contributed by atoms with Gasteiger partial charge in [-0.15, -0.1) is 0 Å². The third-order valence-corrected chi connectivity index (χ3v) is 4.73. The number of fused-ring (bicyclic) bond motifs is 3. The summed E-state index contributed by atoms with van der Waals surface area (Å²) in [5.74, 6) is -3.41. The van der Waals surface area contributed by atoms with Gasteiger partial charge < -0.3 is 19.9 Å². The van der Waals surface area contributed by atoms with Crippen LogP contribution in [0.15, 0.2) is 35.7 Å². The lowest BCUT2D eigenvalue weighted by atomic mass is 9.72. The van der Waals surface area contributed by atoms with Crippen molar-refractivity contribution in [3.05, 3.63) is 41.3 Å². The van der Waals surface area contributed by atoms with E-state index in [0.717, 1.165) is 4.57 Å². The van der Waals surface area contributed by atoms with Crippen LogP contribution in [-0.2, 0) is 19.7 Å². The third kappa shape index (κ3) is 3.23. The number of halogens is 3. The first-order valence-electron chi connectivity index (χ1n) is 9.50. The normalized spacial score (nSPS) is 18.6. The molecule has 1 atom stereocenters. The Labute approximate surface area is 180 Å². The van der Waals surface area contributed by atoms with E-state index >= 15 is 0 Å². The fraction of sp³-hybridized carbons (Fsp3) is 0.381. The van der Waals surface area contributed by atoms with E-state index in [1.54, 1.807) is 20.8 Å². The number of nitrogens with zero attached hydrogens (tertiary/aromatic N) is 2. The van der Waals surface area contributed by atoms with E-state index in [4.69, 9.17) is 19.9 Å². The molecule has 1 aromatic heterocycles. The van der Waals surface area contributed by atoms with Gasteiger partial charge in [-0.25, -0.2) is 9.36 Å². The van der Waals surface area contributed by atoms with Gasteiger partial charge in [0, 0.05) is 5.39 Å². The molecule has 32 heavy (non-hydrogen) atoms. The average Bonchev–Trinajstić information content (AvgIpc) is 2.98. The van der Waals surface area contributed by atoms with Crippen LogP contribution in [-0.4, -0.2) is 35.0 Å². The number of para-hydroxylation sites is 1. The predicted molar refractivity (Wildman–Crippen MR) is 105 cm³/mol. The summed E-state index contributed by atoms with van der Waals surface area (Å²) in [6, 6.07) is 6.89. The highest BCUT2D eigenvalue weighted by molar-refractivity contribution is 6.03. The Morgan fingerprint density at radius 1 is 1.25 bits per heavy atom. The van der Waals surface area contributed by atoms with Crippen LogP contribution in [0.1, 0.15) is 33.3 Å². The first kappa shape index (κ1) is 23.0. The minimum Gasteiger partial charge on any atom is -0.465 e. The largest absolute Gasteiger partial charge is 0.465 e. The van der Waals surface area contributed by atoms with Crippen molar-refractivity contribution >= 4 is 23.0 Å². The molecule has 0 saturated carbocycles. The molecule has 0 unspecified atom stereocenters. The molecule has 1 aliphatic heterocycles. The highest BCUT2D eigenvalue weighted by Crippen LogP contribution is 2.56. The summed E-state index contributed by atoms with van der Waals surface area (Å²) < 4.78 is 60.5. The summed E-state index contributed by atoms with van der Waals surface area (Å²) in [5.41, 5.74) is -0.890. The lowest BCUT2D eigenvalue weighted by Crippen LogP contribution is -2.54. The molecular formula is C21H20F3N3O5. The fourth-order valence-corrected chi connectivity index (χ4v) is 3.61. The van der Waals surface area contributed by atoms with Gasteiger partial charge in [0.1, 0.15) is 17.2 Å². The number of nitriles is 1. The Balaban J connectivity index is 2.53. The molecule has 0 amide bonds. The molecule has 170 valence electrons. The van der Waals surface area contributed by atoms with Gasteiger partial charge >= 0.3 is 18.2 Å². The standard InChI is InChI=1S/C21H20F3N3O5/c1-5-30-17(28)20(21(22,23)24)12(10-25)15(26)31-16-14(20)11-8-6-7-9-13(11)27(16)18(29)32-19(2,3)4/h6-9H,5,26H2,1-4H3/t20-/m0/s1. The topological polar surface area (TPSA) is 117 Å². The van der Waals surface area contributed by atoms with Gasteiger partial charge in [-0.05, 0) is 33.8 Å². The van der Waals surface area contributed by atoms with E-state index in [0.29, 0.717) is 0 Å². The van der Waals surface area contributed by atoms with Gasteiger partial charge in [-0.1, -0.05) is 18.2 Å². The summed E-state index contributed by atoms with van der Waals surface area (Å²) in [6.07, 6.45) is -6.42. The van der Waals surface area contributed by atoms with E-state index in [2.05, 4.69) is 0 Å². The molecule has 2 N–H and O–H groups in total. The zero-order valence-corrected chi connectivity index (χ0v) is 17.7. The molecular weight excluding hydrogens is 431 g/mol. The molecule has 0 aliphatic carbocycles. The van der Waals surface area contributed by atoms with Crippen molar-refractivity contribution in [1.82, 2.24) is 4.57 Å². The Kier molecular flexibility index (Phi) is 5.37. The Hall–Kier alpha value is -3.68. The van der Waals surface area contributed by atoms with Gasteiger partial charge in [0.2, 0.25) is 17.2 Å². The average molecular weight is 451 g/mol. The molecule has 1 aromatic carbocycles. The van der Waals surface area contributed by atoms with Crippen LogP contribution in [0.25, 0.3) is 10.9 Å². The molecule has 2 heterocycles. The van der Waals surface area contributed by atoms with E-state index < -0.39 is 58.8 Å². The molecule has 8 nitrogen and oxygen atoms in total. The number of benzene rings is 1. The Morgan fingerprint density at radius 3 is 2.41 bits per heavy atom. The van der Waals surface area contributed by atoms with Crippen LogP contribution < -0.4 is 10.5 Å². The maximum Gasteiger partial charge on any atom is 0.421 e. The van der Waals surface area contributed by atoms with E-state index in [9.17, 15) is 28.0 Å². The number of hydrogen-bond donors (Lipinski definition) is 1. The van der Waals surface area contributed by atoms with Gasteiger partial charge in [0.05, 0.1) is 17.7 Å². The first-order chi connectivity index (χ1) is 14.8. The smallest absolute Gasteiger partial charge is 0.421 e. The van der Waals surface area contributed by atoms with Crippen molar-refractivity contribution in [3.63, 3.8) is 0 Å². The number of aromatic nitrogens is 1. The van der Waals surface area contributed by atoms with Crippen molar-refractivity contribution in [2.45, 2.75) is 44.9 Å². The van der Waals surface area contributed by atoms with Crippen LogP contribution in [0.3, 0.4) is 0 Å². The van der Waals surface area contributed by atoms with Gasteiger partial charge in [-0.2, -0.15) is 18.4 Å². The van der Waals surface area contributed by atoms with Crippen LogP contribution >= 0.6 is 0 Å². The minimum atomic E-state index is -5.36. The number of hydrogen-bond acceptors (Lipinski definition) is 7. The van der Waals surface area contributed by atoms with Crippen LogP contribution in [0.5, 0.6) is 5.88 Å². The minimum absolute atomic E-state index is 0.0309. The molecule has 3 rings (SSSR count). The highest BCUT2D eigenvalue weighted by atomic mass is 19.4. The monoisotopic (exact) mass is 451 g/mol. The van der Waals surface area contributed by atoms with Gasteiger partial charge in [0.25, 0.3) is 0 Å². The molecule has 0 bridgehead atoms. The van der Waals surface area contributed by atoms with Crippen molar-refractivity contribution < 1.29 is 37.0 Å². The Bertz CT molecular complexity index is 1180. The van der Waals surface area contributed by atoms with E-state index in [-0.39, 0.29) is 10.9 Å². The van der Waals surface area contributed by atoms with Crippen LogP contribution in [0.2, 0.25) is 0 Å². The SMILES string of the molecule is CCOC(=O)[C@]1(C(F)(F)F)C(C#N)=C(N)Oc2c1c1ccccc1n2C(=O)OC(C)(C)C. The van der Waals surface area contributed by atoms with Crippen molar-refractivity contribution in [2.24, 2.45) is 5.73 Å². The lowest BCUT2D eigenvalue weighted by Gasteiger charge is -2.36. The quantitative estimate of drug-likeness (QED) is 0.689. The van der Waals surface area contributed by atoms with E-state index in [1.165, 1.54) is 37.3 Å². The fourth-order valence-electron chi connectivity index (χ4n) is 3.61. The molecule has 0 radical (unpaired) electrons. The molecule has 0 fully saturated rings. The molecule has 11 heteroatoms. The second-order valence-corrected chi connectivity index (χ2v) is 7.93. The lowest BCUT2D eigenvalue weighted by molar-refractivity contribution is -0.201. The maximum absolute atomic E-state index is 14.7. The number of ether oxygens (including phenoxy) is 3. The van der Waals surface area contributed by atoms with E-state index in [1.807, 2.05) is 0 Å². The summed E-state index contributed by atoms with van der Waals surface area (Å²) in [4.78, 5) is 25.9. The summed E-state index contributed by atoms with van der Waals surface area (Å²) in [6.45, 7) is 5.65. The number of rotatable bonds is 2. The molecule has 0 saturated heterocycles. The molecule has 2 aromatic rings. The van der Waals surface area contributed by atoms with Crippen molar-refractivity contribution in [3.8, 4) is 11.9 Å². The second-order valence-electron chi connectivity index (χ2n) is 7.93. The number of nitrogens with two attached hydrogens (primary N) is 1. The summed E-state index contributed by atoms with van der Waals surface area (Å²) in [5, 5.41) is 9.42. The first-order valence-corrected chi connectivity index (χ1v) is 9.50. The Morgan fingerprint density at radius 2 is 1.88 bits per heavy atom. The zero-order valence-electron chi connectivity index (χ0n) is 17.7. The van der Waals surface area contributed by atoms with Crippen LogP contribution in [0.4, 0.5) is 18.0 Å². The van der Waals surface area contributed by atoms with Crippen LogP contribution in [0, 0.1) is 11.3 Å². The van der Waals surface area contributed by atoms with Crippen molar-refractivity contribution in [1.29, 1.82) is 5.26 Å². The zero-order chi connectivity index (χ0) is 24.1. The second kappa shape index (κ2) is 7.47. The molecule has 1 aliphatic rings. The highest BCUT2D eigenvalue weighted by Gasteiger charge is 2.70. The number of esters is 1. The summed E-state index contributed by atoms with van der Waals surface area (Å²) >= 11 is 0.